The minimum absolute atomic E-state index is 0.473. The average Bonchev–Trinajstić information content (AvgIpc) is 2.31. The molecule has 0 aromatic carbocycles. The highest BCUT2D eigenvalue weighted by Gasteiger charge is 2.47. The molecule has 1 N–H and O–H groups in total. The fourth-order valence-corrected chi connectivity index (χ4v) is 1.02. The van der Waals surface area contributed by atoms with Crippen LogP contribution >= 0.6 is 12.6 Å². The number of carbonyl (C=O) groups excluding carboxylic acids is 1. The molecule has 3 nitrogen and oxygen atoms in total. The molecule has 0 aromatic rings. The molecule has 13 heavy (non-hydrogen) atoms. The SMILES string of the molecule is C[C@]1(C(=O)S)CC(C(F)(F)F)=NN1. The van der Waals surface area contributed by atoms with E-state index >= 15 is 0 Å². The van der Waals surface area contributed by atoms with Crippen molar-refractivity contribution in [2.24, 2.45) is 5.10 Å². The summed E-state index contributed by atoms with van der Waals surface area (Å²) >= 11 is 3.47. The number of halogens is 3. The second-order valence-electron chi connectivity index (χ2n) is 2.98. The number of carbonyl (C=O) groups is 1. The first-order valence-electron chi connectivity index (χ1n) is 3.40. The van der Waals surface area contributed by atoms with Crippen LogP contribution in [0.25, 0.3) is 0 Å². The molecule has 0 saturated heterocycles. The normalized spacial score (nSPS) is 28.2. The van der Waals surface area contributed by atoms with Gasteiger partial charge in [-0.2, -0.15) is 18.3 Å². The van der Waals surface area contributed by atoms with E-state index in [1.165, 1.54) is 6.92 Å². The Hall–Kier alpha value is -0.720. The molecule has 0 aliphatic carbocycles. The summed E-state index contributed by atoms with van der Waals surface area (Å²) in [5, 5.41) is 2.40. The molecule has 0 spiro atoms. The van der Waals surface area contributed by atoms with Crippen LogP contribution in [0.1, 0.15) is 13.3 Å². The number of hydrogen-bond acceptors (Lipinski definition) is 3. The van der Waals surface area contributed by atoms with E-state index in [1.807, 2.05) is 0 Å². The predicted octanol–water partition coefficient (Wildman–Crippen LogP) is 1.11. The van der Waals surface area contributed by atoms with Gasteiger partial charge in [-0.1, -0.05) is 0 Å². The third kappa shape index (κ3) is 1.96. The second-order valence-corrected chi connectivity index (χ2v) is 3.39. The molecule has 0 aromatic heterocycles. The first kappa shape index (κ1) is 10.4. The lowest BCUT2D eigenvalue weighted by Gasteiger charge is -2.18. The number of hydrogen-bond donors (Lipinski definition) is 2. The Morgan fingerprint density at radius 1 is 1.69 bits per heavy atom. The maximum Gasteiger partial charge on any atom is 0.431 e. The largest absolute Gasteiger partial charge is 0.431 e. The molecule has 1 aliphatic heterocycles. The fourth-order valence-electron chi connectivity index (χ4n) is 0.892. The number of nitrogens with one attached hydrogen (secondary N) is 1. The third-order valence-corrected chi connectivity index (χ3v) is 2.25. The molecule has 0 amide bonds. The Balaban J connectivity index is 2.77. The summed E-state index contributed by atoms with van der Waals surface area (Å²) in [4.78, 5) is 10.8. The molecule has 0 radical (unpaired) electrons. The number of nitrogens with zero attached hydrogens (tertiary/aromatic N) is 1. The van der Waals surface area contributed by atoms with Gasteiger partial charge in [-0.05, 0) is 6.92 Å². The van der Waals surface area contributed by atoms with E-state index in [-0.39, 0.29) is 0 Å². The average molecular weight is 212 g/mol. The Bertz CT molecular complexity index is 276. The second kappa shape index (κ2) is 2.90. The predicted molar refractivity (Wildman–Crippen MR) is 43.6 cm³/mol. The minimum Gasteiger partial charge on any atom is -0.295 e. The van der Waals surface area contributed by atoms with Gasteiger partial charge < -0.3 is 0 Å². The van der Waals surface area contributed by atoms with E-state index in [2.05, 4.69) is 23.2 Å². The Morgan fingerprint density at radius 3 is 2.46 bits per heavy atom. The highest BCUT2D eigenvalue weighted by atomic mass is 32.1. The zero-order valence-electron chi connectivity index (χ0n) is 6.64. The lowest BCUT2D eigenvalue weighted by atomic mass is 9.99. The van der Waals surface area contributed by atoms with Crippen molar-refractivity contribution in [2.75, 3.05) is 0 Å². The van der Waals surface area contributed by atoms with Gasteiger partial charge in [-0.25, -0.2) is 0 Å². The molecule has 0 bridgehead atoms. The van der Waals surface area contributed by atoms with E-state index in [0.717, 1.165) is 0 Å². The van der Waals surface area contributed by atoms with Crippen LogP contribution in [0.15, 0.2) is 5.10 Å². The standard InChI is InChI=1S/C6H7F3N2OS/c1-5(4(12)13)2-3(10-11-5)6(7,8)9/h11H,2H2,1H3,(H,12,13)/t5-/m1/s1. The van der Waals surface area contributed by atoms with Gasteiger partial charge in [0.15, 0.2) is 0 Å². The zero-order chi connectivity index (χ0) is 10.3. The van der Waals surface area contributed by atoms with Crippen LogP contribution in [0.2, 0.25) is 0 Å². The lowest BCUT2D eigenvalue weighted by Crippen LogP contribution is -2.42. The lowest BCUT2D eigenvalue weighted by molar-refractivity contribution is -0.115. The van der Waals surface area contributed by atoms with Gasteiger partial charge in [-0.3, -0.25) is 10.2 Å². The molecular weight excluding hydrogens is 205 g/mol. The van der Waals surface area contributed by atoms with Crippen LogP contribution in [-0.2, 0) is 4.79 Å². The van der Waals surface area contributed by atoms with Gasteiger partial charge in [0.1, 0.15) is 11.3 Å². The number of thiol groups is 1. The van der Waals surface area contributed by atoms with Crippen molar-refractivity contribution in [3.05, 3.63) is 0 Å². The molecule has 0 fully saturated rings. The molecule has 1 heterocycles. The van der Waals surface area contributed by atoms with Crippen molar-refractivity contribution in [3.8, 4) is 0 Å². The molecule has 7 heteroatoms. The summed E-state index contributed by atoms with van der Waals surface area (Å²) in [5.41, 5.74) is -0.169. The highest BCUT2D eigenvalue weighted by molar-refractivity contribution is 7.96. The highest BCUT2D eigenvalue weighted by Crippen LogP contribution is 2.28. The van der Waals surface area contributed by atoms with Crippen LogP contribution in [-0.4, -0.2) is 22.5 Å². The molecule has 1 atom stereocenters. The van der Waals surface area contributed by atoms with Crippen LogP contribution in [0.4, 0.5) is 13.2 Å². The summed E-state index contributed by atoms with van der Waals surface area (Å²) in [6, 6.07) is 0. The number of rotatable bonds is 1. The quantitative estimate of drug-likeness (QED) is 0.639. The summed E-state index contributed by atoms with van der Waals surface area (Å²) in [6.45, 7) is 1.32. The van der Waals surface area contributed by atoms with Gasteiger partial charge in [0, 0.05) is 6.42 Å². The van der Waals surface area contributed by atoms with E-state index in [0.29, 0.717) is 0 Å². The van der Waals surface area contributed by atoms with Crippen molar-refractivity contribution >= 4 is 23.5 Å². The van der Waals surface area contributed by atoms with E-state index < -0.39 is 29.0 Å². The van der Waals surface area contributed by atoms with Crippen molar-refractivity contribution in [3.63, 3.8) is 0 Å². The van der Waals surface area contributed by atoms with E-state index in [1.54, 1.807) is 0 Å². The molecule has 74 valence electrons. The first-order chi connectivity index (χ1) is 5.76. The smallest absolute Gasteiger partial charge is 0.295 e. The topological polar surface area (TPSA) is 41.5 Å². The van der Waals surface area contributed by atoms with Crippen LogP contribution in [0, 0.1) is 0 Å². The zero-order valence-corrected chi connectivity index (χ0v) is 7.54. The van der Waals surface area contributed by atoms with Gasteiger partial charge in [-0.15, -0.1) is 12.6 Å². The molecule has 1 rings (SSSR count). The fraction of sp³-hybridized carbons (Fsp3) is 0.667. The van der Waals surface area contributed by atoms with Crippen molar-refractivity contribution in [1.29, 1.82) is 0 Å². The summed E-state index contributed by atoms with van der Waals surface area (Å²) in [5.74, 6) is 0. The van der Waals surface area contributed by atoms with Gasteiger partial charge >= 0.3 is 6.18 Å². The van der Waals surface area contributed by atoms with E-state index in [4.69, 9.17) is 0 Å². The number of alkyl halides is 3. The summed E-state index contributed by atoms with van der Waals surface area (Å²) in [6.07, 6.45) is -4.95. The van der Waals surface area contributed by atoms with Crippen molar-refractivity contribution in [1.82, 2.24) is 5.43 Å². The first-order valence-corrected chi connectivity index (χ1v) is 3.85. The van der Waals surface area contributed by atoms with Gasteiger partial charge in [0.2, 0.25) is 5.12 Å². The summed E-state index contributed by atoms with van der Waals surface area (Å²) in [7, 11) is 0. The molecule has 0 saturated carbocycles. The third-order valence-electron chi connectivity index (χ3n) is 1.76. The van der Waals surface area contributed by atoms with Crippen LogP contribution < -0.4 is 5.43 Å². The van der Waals surface area contributed by atoms with Gasteiger partial charge in [0.05, 0.1) is 0 Å². The maximum absolute atomic E-state index is 12.1. The van der Waals surface area contributed by atoms with Gasteiger partial charge in [0.25, 0.3) is 0 Å². The number of hydrazone groups is 1. The summed E-state index contributed by atoms with van der Waals surface area (Å²) < 4.78 is 36.2. The molecule has 0 unspecified atom stereocenters. The monoisotopic (exact) mass is 212 g/mol. The Kier molecular flexibility index (Phi) is 2.31. The Morgan fingerprint density at radius 2 is 2.23 bits per heavy atom. The van der Waals surface area contributed by atoms with E-state index in [9.17, 15) is 18.0 Å². The van der Waals surface area contributed by atoms with Crippen LogP contribution in [0.5, 0.6) is 0 Å². The van der Waals surface area contributed by atoms with Crippen molar-refractivity contribution < 1.29 is 18.0 Å². The van der Waals surface area contributed by atoms with Crippen LogP contribution in [0.3, 0.4) is 0 Å². The Labute approximate surface area is 77.8 Å². The molecular formula is C6H7F3N2OS. The molecule has 1 aliphatic rings. The van der Waals surface area contributed by atoms with Crippen molar-refractivity contribution in [2.45, 2.75) is 25.1 Å². The minimum atomic E-state index is -4.48. The maximum atomic E-state index is 12.1.